The van der Waals surface area contributed by atoms with Crippen molar-refractivity contribution in [1.29, 1.82) is 0 Å². The first-order valence-corrected chi connectivity index (χ1v) is 10.7. The van der Waals surface area contributed by atoms with Gasteiger partial charge in [0.05, 0.1) is 7.11 Å². The van der Waals surface area contributed by atoms with Crippen molar-refractivity contribution in [3.8, 4) is 0 Å². The molecule has 1 aliphatic heterocycles. The van der Waals surface area contributed by atoms with Gasteiger partial charge in [-0.1, -0.05) is 12.1 Å². The quantitative estimate of drug-likeness (QED) is 0.750. The number of hydrogen-bond acceptors (Lipinski definition) is 5. The molecule has 2 heterocycles. The van der Waals surface area contributed by atoms with E-state index < -0.39 is 22.0 Å². The third kappa shape index (κ3) is 4.06. The first kappa shape index (κ1) is 21.1. The van der Waals surface area contributed by atoms with Gasteiger partial charge in [0.2, 0.25) is 15.9 Å². The number of ether oxygens (including phenoxy) is 1. The van der Waals surface area contributed by atoms with Gasteiger partial charge in [-0.2, -0.15) is 4.31 Å². The van der Waals surface area contributed by atoms with Crippen LogP contribution in [0.2, 0.25) is 0 Å². The minimum Gasteiger partial charge on any atom is -0.464 e. The van der Waals surface area contributed by atoms with Crippen LogP contribution < -0.4 is 5.32 Å². The van der Waals surface area contributed by atoms with E-state index in [9.17, 15) is 18.0 Å². The molecule has 0 bridgehead atoms. The number of nitrogens with one attached hydrogen (secondary N) is 1. The highest BCUT2D eigenvalue weighted by atomic mass is 32.2. The van der Waals surface area contributed by atoms with Crippen LogP contribution in [0.4, 0.5) is 5.69 Å². The Morgan fingerprint density at radius 1 is 1.21 bits per heavy atom. The van der Waals surface area contributed by atoms with Gasteiger partial charge in [-0.25, -0.2) is 13.2 Å². The topological polar surface area (TPSA) is 97.7 Å². The van der Waals surface area contributed by atoms with E-state index in [-0.39, 0.29) is 23.0 Å². The van der Waals surface area contributed by atoms with Crippen molar-refractivity contribution in [2.75, 3.05) is 19.0 Å². The van der Waals surface area contributed by atoms with Gasteiger partial charge in [0.1, 0.15) is 16.6 Å². The molecule has 0 unspecified atom stereocenters. The third-order valence-corrected chi connectivity index (χ3v) is 7.01. The average molecular weight is 420 g/mol. The molecule has 0 aliphatic carbocycles. The van der Waals surface area contributed by atoms with Gasteiger partial charge in [-0.3, -0.25) is 4.79 Å². The monoisotopic (exact) mass is 419 g/mol. The molecule has 9 heteroatoms. The molecular formula is C20H25N3O5S. The molecule has 0 spiro atoms. The number of carbonyl (C=O) groups is 2. The first-order valence-electron chi connectivity index (χ1n) is 9.30. The molecular weight excluding hydrogens is 394 g/mol. The standard InChI is InChI=1S/C20H25N3O5S/c1-13-7-8-14(2)16(10-13)21-19(24)17-6-5-9-23(17)29(26,27)15-11-18(20(25)28-4)22(3)12-15/h7-8,10-12,17H,5-6,9H2,1-4H3,(H,21,24)/t17-/m0/s1. The zero-order chi connectivity index (χ0) is 21.3. The summed E-state index contributed by atoms with van der Waals surface area (Å²) in [6.45, 7) is 4.06. The molecule has 1 saturated heterocycles. The number of sulfonamides is 1. The molecule has 1 aromatic heterocycles. The molecule has 1 fully saturated rings. The zero-order valence-corrected chi connectivity index (χ0v) is 17.7. The summed E-state index contributed by atoms with van der Waals surface area (Å²) in [7, 11) is -1.14. The lowest BCUT2D eigenvalue weighted by Crippen LogP contribution is -2.43. The van der Waals surface area contributed by atoms with E-state index in [4.69, 9.17) is 0 Å². The van der Waals surface area contributed by atoms with Crippen LogP contribution in [0.5, 0.6) is 0 Å². The summed E-state index contributed by atoms with van der Waals surface area (Å²) in [5.74, 6) is -0.983. The van der Waals surface area contributed by atoms with Crippen LogP contribution in [0, 0.1) is 13.8 Å². The van der Waals surface area contributed by atoms with Gasteiger partial charge < -0.3 is 14.6 Å². The van der Waals surface area contributed by atoms with E-state index in [1.54, 1.807) is 7.05 Å². The SMILES string of the molecule is COC(=O)c1cc(S(=O)(=O)N2CCC[C@H]2C(=O)Nc2cc(C)ccc2C)cn1C. The molecule has 29 heavy (non-hydrogen) atoms. The smallest absolute Gasteiger partial charge is 0.354 e. The van der Waals surface area contributed by atoms with Crippen molar-refractivity contribution in [3.05, 3.63) is 47.3 Å². The molecule has 1 amide bonds. The van der Waals surface area contributed by atoms with E-state index in [1.165, 1.54) is 28.2 Å². The van der Waals surface area contributed by atoms with Crippen molar-refractivity contribution < 1.29 is 22.7 Å². The van der Waals surface area contributed by atoms with Crippen LogP contribution in [0.25, 0.3) is 0 Å². The maximum atomic E-state index is 13.2. The fourth-order valence-corrected chi connectivity index (χ4v) is 5.22. The Labute approximate surface area is 170 Å². The van der Waals surface area contributed by atoms with Gasteiger partial charge in [0, 0.05) is 25.5 Å². The number of anilines is 1. The Kier molecular flexibility index (Phi) is 5.81. The zero-order valence-electron chi connectivity index (χ0n) is 16.9. The Morgan fingerprint density at radius 3 is 2.62 bits per heavy atom. The molecule has 1 N–H and O–H groups in total. The first-order chi connectivity index (χ1) is 13.6. The van der Waals surface area contributed by atoms with Crippen molar-refractivity contribution in [2.24, 2.45) is 7.05 Å². The summed E-state index contributed by atoms with van der Waals surface area (Å²) in [4.78, 5) is 24.7. The summed E-state index contributed by atoms with van der Waals surface area (Å²) < 4.78 is 33.7. The van der Waals surface area contributed by atoms with Gasteiger partial charge in [-0.05, 0) is 49.9 Å². The second-order valence-corrected chi connectivity index (χ2v) is 9.14. The van der Waals surface area contributed by atoms with Crippen LogP contribution in [-0.4, -0.2) is 48.9 Å². The highest BCUT2D eigenvalue weighted by Crippen LogP contribution is 2.28. The number of methoxy groups -OCH3 is 1. The van der Waals surface area contributed by atoms with Gasteiger partial charge in [-0.15, -0.1) is 0 Å². The number of amides is 1. The molecule has 0 saturated carbocycles. The maximum Gasteiger partial charge on any atom is 0.354 e. The number of carbonyl (C=O) groups excluding carboxylic acids is 2. The van der Waals surface area contributed by atoms with Crippen molar-refractivity contribution in [3.63, 3.8) is 0 Å². The van der Waals surface area contributed by atoms with E-state index in [0.717, 1.165) is 11.1 Å². The number of aromatic nitrogens is 1. The van der Waals surface area contributed by atoms with Gasteiger partial charge in [0.25, 0.3) is 0 Å². The van der Waals surface area contributed by atoms with Crippen molar-refractivity contribution in [1.82, 2.24) is 8.87 Å². The lowest BCUT2D eigenvalue weighted by atomic mass is 10.1. The van der Waals surface area contributed by atoms with Crippen LogP contribution >= 0.6 is 0 Å². The van der Waals surface area contributed by atoms with Crippen molar-refractivity contribution in [2.45, 2.75) is 37.6 Å². The molecule has 0 radical (unpaired) electrons. The van der Waals surface area contributed by atoms with E-state index >= 15 is 0 Å². The highest BCUT2D eigenvalue weighted by molar-refractivity contribution is 7.89. The number of benzene rings is 1. The van der Waals surface area contributed by atoms with Crippen LogP contribution in [-0.2, 0) is 26.6 Å². The number of rotatable bonds is 5. The van der Waals surface area contributed by atoms with Crippen molar-refractivity contribution >= 4 is 27.6 Å². The lowest BCUT2D eigenvalue weighted by Gasteiger charge is -2.23. The predicted octanol–water partition coefficient (Wildman–Crippen LogP) is 2.22. The average Bonchev–Trinajstić information content (AvgIpc) is 3.31. The number of hydrogen-bond donors (Lipinski definition) is 1. The van der Waals surface area contributed by atoms with E-state index in [1.807, 2.05) is 32.0 Å². The minimum atomic E-state index is -3.94. The van der Waals surface area contributed by atoms with Crippen LogP contribution in [0.1, 0.15) is 34.5 Å². The second-order valence-electron chi connectivity index (χ2n) is 7.24. The Hall–Kier alpha value is -2.65. The third-order valence-electron chi connectivity index (χ3n) is 5.14. The van der Waals surface area contributed by atoms with E-state index in [0.29, 0.717) is 18.5 Å². The summed E-state index contributed by atoms with van der Waals surface area (Å²) in [5.41, 5.74) is 2.71. The second kappa shape index (κ2) is 8.00. The molecule has 1 aromatic carbocycles. The normalized spacial score (nSPS) is 17.3. The summed E-state index contributed by atoms with van der Waals surface area (Å²) in [5, 5.41) is 2.87. The van der Waals surface area contributed by atoms with E-state index in [2.05, 4.69) is 10.1 Å². The number of nitrogens with zero attached hydrogens (tertiary/aromatic N) is 2. The summed E-state index contributed by atoms with van der Waals surface area (Å²) in [6, 6.07) is 6.19. The number of aryl methyl sites for hydroxylation is 3. The Balaban J connectivity index is 1.87. The molecule has 1 atom stereocenters. The largest absolute Gasteiger partial charge is 0.464 e. The summed E-state index contributed by atoms with van der Waals surface area (Å²) >= 11 is 0. The van der Waals surface area contributed by atoms with Gasteiger partial charge >= 0.3 is 5.97 Å². The molecule has 2 aromatic rings. The maximum absolute atomic E-state index is 13.2. The molecule has 3 rings (SSSR count). The fourth-order valence-electron chi connectivity index (χ4n) is 3.49. The summed E-state index contributed by atoms with van der Waals surface area (Å²) in [6.07, 6.45) is 2.38. The Bertz CT molecular complexity index is 1060. The molecule has 1 aliphatic rings. The number of esters is 1. The Morgan fingerprint density at radius 2 is 1.93 bits per heavy atom. The molecule has 8 nitrogen and oxygen atoms in total. The van der Waals surface area contributed by atoms with Crippen LogP contribution in [0.3, 0.4) is 0 Å². The minimum absolute atomic E-state index is 0.0353. The molecule has 156 valence electrons. The fraction of sp³-hybridized carbons (Fsp3) is 0.400. The van der Waals surface area contributed by atoms with Gasteiger partial charge in [0.15, 0.2) is 0 Å². The van der Waals surface area contributed by atoms with Crippen LogP contribution in [0.15, 0.2) is 35.4 Å². The lowest BCUT2D eigenvalue weighted by molar-refractivity contribution is -0.119. The predicted molar refractivity (Wildman–Crippen MR) is 108 cm³/mol. The highest BCUT2D eigenvalue weighted by Gasteiger charge is 2.40.